The van der Waals surface area contributed by atoms with Crippen LogP contribution >= 0.6 is 0 Å². The summed E-state index contributed by atoms with van der Waals surface area (Å²) < 4.78 is 37.3. The number of nitrogens with one attached hydrogen (secondary N) is 1. The van der Waals surface area contributed by atoms with E-state index in [1.54, 1.807) is 26.8 Å². The molecule has 3 aromatic carbocycles. The molecule has 1 atom stereocenters. The van der Waals surface area contributed by atoms with Crippen molar-refractivity contribution in [1.82, 2.24) is 5.32 Å². The van der Waals surface area contributed by atoms with Gasteiger partial charge in [0.15, 0.2) is 11.5 Å². The minimum absolute atomic E-state index is 0.0793. The third kappa shape index (κ3) is 5.78. The van der Waals surface area contributed by atoms with Crippen LogP contribution in [0.4, 0.5) is 9.18 Å². The number of ether oxygens (including phenoxy) is 4. The average molecular weight is 505 g/mol. The summed E-state index contributed by atoms with van der Waals surface area (Å²) in [5.41, 5.74) is 3.77. The van der Waals surface area contributed by atoms with Gasteiger partial charge in [-0.15, -0.1) is 0 Å². The molecule has 0 aromatic heterocycles. The van der Waals surface area contributed by atoms with Crippen LogP contribution in [0, 0.1) is 24.1 Å². The van der Waals surface area contributed by atoms with Gasteiger partial charge in [-0.3, -0.25) is 0 Å². The van der Waals surface area contributed by atoms with Crippen molar-refractivity contribution in [3.05, 3.63) is 65.5 Å². The molecule has 0 spiro atoms. The van der Waals surface area contributed by atoms with Crippen molar-refractivity contribution in [3.8, 4) is 45.6 Å². The summed E-state index contributed by atoms with van der Waals surface area (Å²) in [6.07, 6.45) is -1.30. The maximum absolute atomic E-state index is 15.3. The molecule has 1 unspecified atom stereocenters. The topological polar surface area (TPSA) is 89.8 Å². The first kappa shape index (κ1) is 25.8. The second-order valence-electron chi connectivity index (χ2n) is 9.68. The largest absolute Gasteiger partial charge is 0.496 e. The summed E-state index contributed by atoms with van der Waals surface area (Å²) in [6, 6.07) is 16.6. The van der Waals surface area contributed by atoms with Gasteiger partial charge in [-0.05, 0) is 79.8 Å². The maximum Gasteiger partial charge on any atom is 0.407 e. The number of alkyl carbamates (subject to hydrolysis) is 1. The normalized spacial score (nSPS) is 14.5. The van der Waals surface area contributed by atoms with Gasteiger partial charge >= 0.3 is 6.09 Å². The predicted octanol–water partition coefficient (Wildman–Crippen LogP) is 6.16. The highest BCUT2D eigenvalue weighted by Crippen LogP contribution is 2.39. The standard InChI is InChI=1S/C29H29FN2O5/c1-17-21(18-9-10-25-27(12-18)36-20(14-31)16-35-25)7-6-8-22(17)19-11-24(30)23(26(13-19)34-5)15-32-28(33)37-29(2,3)4/h6-13,20H,15-16H2,1-5H3,(H,32,33). The van der Waals surface area contributed by atoms with Crippen LogP contribution in [0.3, 0.4) is 0 Å². The Morgan fingerprint density at radius 3 is 2.54 bits per heavy atom. The Balaban J connectivity index is 1.64. The van der Waals surface area contributed by atoms with E-state index >= 15 is 4.39 Å². The molecule has 0 radical (unpaired) electrons. The minimum Gasteiger partial charge on any atom is -0.496 e. The van der Waals surface area contributed by atoms with Gasteiger partial charge in [-0.2, -0.15) is 5.26 Å². The highest BCUT2D eigenvalue weighted by Gasteiger charge is 2.22. The summed E-state index contributed by atoms with van der Waals surface area (Å²) in [5, 5.41) is 11.8. The second kappa shape index (κ2) is 10.4. The van der Waals surface area contributed by atoms with Crippen molar-refractivity contribution in [3.63, 3.8) is 0 Å². The monoisotopic (exact) mass is 504 g/mol. The van der Waals surface area contributed by atoms with Gasteiger partial charge in [0.2, 0.25) is 6.10 Å². The smallest absolute Gasteiger partial charge is 0.407 e. The molecule has 8 heteroatoms. The van der Waals surface area contributed by atoms with Crippen molar-refractivity contribution in [1.29, 1.82) is 5.26 Å². The quantitative estimate of drug-likeness (QED) is 0.447. The fraction of sp³-hybridized carbons (Fsp3) is 0.310. The molecule has 192 valence electrons. The summed E-state index contributed by atoms with van der Waals surface area (Å²) in [4.78, 5) is 12.0. The number of nitrogens with zero attached hydrogens (tertiary/aromatic N) is 1. The molecule has 0 saturated carbocycles. The minimum atomic E-state index is -0.659. The fourth-order valence-electron chi connectivity index (χ4n) is 4.16. The van der Waals surface area contributed by atoms with Gasteiger partial charge in [0.25, 0.3) is 0 Å². The van der Waals surface area contributed by atoms with Crippen LogP contribution in [0.2, 0.25) is 0 Å². The molecule has 0 aliphatic carbocycles. The lowest BCUT2D eigenvalue weighted by atomic mass is 9.92. The lowest BCUT2D eigenvalue weighted by molar-refractivity contribution is 0.0523. The van der Waals surface area contributed by atoms with Crippen molar-refractivity contribution in [2.45, 2.75) is 45.9 Å². The van der Waals surface area contributed by atoms with Gasteiger partial charge in [-0.25, -0.2) is 9.18 Å². The van der Waals surface area contributed by atoms with Crippen molar-refractivity contribution < 1.29 is 28.1 Å². The molecule has 1 aliphatic rings. The van der Waals surface area contributed by atoms with Crippen LogP contribution in [0.1, 0.15) is 31.9 Å². The molecule has 3 aromatic rings. The number of carbonyl (C=O) groups is 1. The van der Waals surface area contributed by atoms with Crippen molar-refractivity contribution >= 4 is 6.09 Å². The van der Waals surface area contributed by atoms with E-state index in [-0.39, 0.29) is 18.7 Å². The number of rotatable bonds is 5. The number of methoxy groups -OCH3 is 1. The zero-order valence-corrected chi connectivity index (χ0v) is 21.5. The van der Waals surface area contributed by atoms with E-state index in [1.165, 1.54) is 13.2 Å². The molecular formula is C29H29FN2O5. The molecule has 37 heavy (non-hydrogen) atoms. The predicted molar refractivity (Wildman–Crippen MR) is 137 cm³/mol. The van der Waals surface area contributed by atoms with E-state index in [9.17, 15) is 10.1 Å². The van der Waals surface area contributed by atoms with Crippen LogP contribution in [0.5, 0.6) is 17.2 Å². The Kier molecular flexibility index (Phi) is 7.25. The van der Waals surface area contributed by atoms with Crippen LogP contribution < -0.4 is 19.5 Å². The Hall–Kier alpha value is -4.25. The molecule has 0 saturated heterocycles. The van der Waals surface area contributed by atoms with Gasteiger partial charge < -0.3 is 24.3 Å². The third-order valence-electron chi connectivity index (χ3n) is 5.89. The van der Waals surface area contributed by atoms with Crippen LogP contribution in [0.15, 0.2) is 48.5 Å². The zero-order chi connectivity index (χ0) is 26.7. The number of carbonyl (C=O) groups excluding carboxylic acids is 1. The number of hydrogen-bond acceptors (Lipinski definition) is 6. The molecule has 1 N–H and O–H groups in total. The number of fused-ring (bicyclic) bond motifs is 1. The average Bonchev–Trinajstić information content (AvgIpc) is 2.86. The Labute approximate surface area is 215 Å². The maximum atomic E-state index is 15.3. The Morgan fingerprint density at radius 2 is 1.86 bits per heavy atom. The molecule has 1 aliphatic heterocycles. The highest BCUT2D eigenvalue weighted by atomic mass is 19.1. The molecule has 4 rings (SSSR count). The Bertz CT molecular complexity index is 1370. The molecule has 1 amide bonds. The van der Waals surface area contributed by atoms with Crippen molar-refractivity contribution in [2.75, 3.05) is 13.7 Å². The van der Waals surface area contributed by atoms with Gasteiger partial charge in [0.05, 0.1) is 13.7 Å². The summed E-state index contributed by atoms with van der Waals surface area (Å²) >= 11 is 0. The number of hydrogen-bond donors (Lipinski definition) is 1. The molecule has 7 nitrogen and oxygen atoms in total. The summed E-state index contributed by atoms with van der Waals surface area (Å²) in [6.45, 7) is 7.34. The molecule has 1 heterocycles. The highest BCUT2D eigenvalue weighted by molar-refractivity contribution is 5.80. The number of amides is 1. The van der Waals surface area contributed by atoms with Gasteiger partial charge in [-0.1, -0.05) is 24.3 Å². The third-order valence-corrected chi connectivity index (χ3v) is 5.89. The fourth-order valence-corrected chi connectivity index (χ4v) is 4.16. The van der Waals surface area contributed by atoms with E-state index in [0.29, 0.717) is 22.8 Å². The molecular weight excluding hydrogens is 475 g/mol. The van der Waals surface area contributed by atoms with Gasteiger partial charge in [0.1, 0.15) is 29.8 Å². The second-order valence-corrected chi connectivity index (χ2v) is 9.68. The van der Waals surface area contributed by atoms with Crippen molar-refractivity contribution in [2.24, 2.45) is 0 Å². The SMILES string of the molecule is COc1cc(-c2cccc(-c3ccc4c(c3)OC(C#N)CO4)c2C)cc(F)c1CNC(=O)OC(C)(C)C. The summed E-state index contributed by atoms with van der Waals surface area (Å²) in [5.74, 6) is 0.913. The molecule has 0 bridgehead atoms. The molecule has 0 fully saturated rings. The van der Waals surface area contributed by atoms with Crippen LogP contribution in [0.25, 0.3) is 22.3 Å². The zero-order valence-electron chi connectivity index (χ0n) is 21.5. The van der Waals surface area contributed by atoms with Crippen LogP contribution in [-0.2, 0) is 11.3 Å². The Morgan fingerprint density at radius 1 is 1.14 bits per heavy atom. The lowest BCUT2D eigenvalue weighted by Gasteiger charge is -2.23. The van der Waals surface area contributed by atoms with Crippen LogP contribution in [-0.4, -0.2) is 31.5 Å². The summed E-state index contributed by atoms with van der Waals surface area (Å²) in [7, 11) is 1.46. The van der Waals surface area contributed by atoms with Gasteiger partial charge in [0, 0.05) is 5.56 Å². The van der Waals surface area contributed by atoms with E-state index in [4.69, 9.17) is 18.9 Å². The van der Waals surface area contributed by atoms with E-state index < -0.39 is 23.6 Å². The number of halogens is 1. The van der Waals surface area contributed by atoms with E-state index in [0.717, 1.165) is 22.3 Å². The lowest BCUT2D eigenvalue weighted by Crippen LogP contribution is -2.32. The first-order valence-electron chi connectivity index (χ1n) is 11.9. The van der Waals surface area contributed by atoms with E-state index in [1.807, 2.05) is 43.3 Å². The van der Waals surface area contributed by atoms with E-state index in [2.05, 4.69) is 11.4 Å². The first-order chi connectivity index (χ1) is 17.6. The number of benzene rings is 3. The number of nitriles is 1. The first-order valence-corrected chi connectivity index (χ1v) is 11.9.